The number of sulfone groups is 1. The average molecular weight is 226 g/mol. The van der Waals surface area contributed by atoms with Crippen molar-refractivity contribution in [1.82, 2.24) is 0 Å². The molecule has 0 spiro atoms. The molecule has 0 radical (unpaired) electrons. The van der Waals surface area contributed by atoms with Gasteiger partial charge in [-0.2, -0.15) is 0 Å². The minimum absolute atomic E-state index is 0.0979. The van der Waals surface area contributed by atoms with Crippen molar-refractivity contribution >= 4 is 9.84 Å². The van der Waals surface area contributed by atoms with Crippen LogP contribution in [0.25, 0.3) is 0 Å². The normalized spacial score (nSPS) is 18.3. The first-order valence-corrected chi connectivity index (χ1v) is 6.76. The van der Waals surface area contributed by atoms with Crippen LogP contribution >= 0.6 is 0 Å². The number of ether oxygens (including phenoxy) is 1. The molecule has 0 bridgehead atoms. The van der Waals surface area contributed by atoms with E-state index in [-0.39, 0.29) is 11.7 Å². The molecule has 1 aliphatic rings. The van der Waals surface area contributed by atoms with Gasteiger partial charge in [-0.05, 0) is 17.5 Å². The van der Waals surface area contributed by atoms with Gasteiger partial charge >= 0.3 is 0 Å². The highest BCUT2D eigenvalue weighted by Gasteiger charge is 2.22. The maximum absolute atomic E-state index is 11.3. The minimum Gasteiger partial charge on any atom is -0.477 e. The third-order valence-corrected chi connectivity index (χ3v) is 3.76. The van der Waals surface area contributed by atoms with Crippen LogP contribution in [0.4, 0.5) is 0 Å². The molecule has 4 heteroatoms. The molecule has 0 unspecified atom stereocenters. The average Bonchev–Trinajstić information content (AvgIpc) is 2.15. The summed E-state index contributed by atoms with van der Waals surface area (Å²) < 4.78 is 27.9. The molecule has 1 aromatic carbocycles. The molecule has 82 valence electrons. The second-order valence-electron chi connectivity index (χ2n) is 4.17. The van der Waals surface area contributed by atoms with E-state index in [4.69, 9.17) is 4.74 Å². The second kappa shape index (κ2) is 3.52. The molecule has 0 N–H and O–H groups in total. The smallest absolute Gasteiger partial charge is 0.189 e. The Morgan fingerprint density at radius 3 is 2.73 bits per heavy atom. The van der Waals surface area contributed by atoms with E-state index in [0.717, 1.165) is 11.3 Å². The summed E-state index contributed by atoms with van der Waals surface area (Å²) in [6.45, 7) is 4.20. The molecule has 0 fully saturated rings. The van der Waals surface area contributed by atoms with E-state index in [9.17, 15) is 8.42 Å². The lowest BCUT2D eigenvalue weighted by atomic mass is 10.0. The second-order valence-corrected chi connectivity index (χ2v) is 6.18. The van der Waals surface area contributed by atoms with Crippen molar-refractivity contribution in [1.29, 1.82) is 0 Å². The van der Waals surface area contributed by atoms with Gasteiger partial charge in [0.2, 0.25) is 0 Å². The third kappa shape index (κ3) is 2.15. The van der Waals surface area contributed by atoms with Crippen molar-refractivity contribution in [3.63, 3.8) is 0 Å². The first-order chi connectivity index (χ1) is 6.98. The van der Waals surface area contributed by atoms with Gasteiger partial charge in [0.25, 0.3) is 0 Å². The Bertz CT molecular complexity index is 475. The van der Waals surface area contributed by atoms with E-state index in [1.54, 1.807) is 0 Å². The van der Waals surface area contributed by atoms with Crippen molar-refractivity contribution in [2.24, 2.45) is 0 Å². The van der Waals surface area contributed by atoms with E-state index in [1.807, 2.05) is 18.2 Å². The van der Waals surface area contributed by atoms with E-state index in [0.29, 0.717) is 5.92 Å². The standard InChI is InChI=1S/C11H14O3S/c1-8(2)9-3-4-10-6-15(12,13)7-14-11(10)5-9/h3-5,8H,6-7H2,1-2H3. The summed E-state index contributed by atoms with van der Waals surface area (Å²) in [4.78, 5) is 0. The summed E-state index contributed by atoms with van der Waals surface area (Å²) in [6.07, 6.45) is 0. The van der Waals surface area contributed by atoms with Crippen LogP contribution in [-0.4, -0.2) is 14.4 Å². The van der Waals surface area contributed by atoms with Gasteiger partial charge in [0.15, 0.2) is 15.8 Å². The summed E-state index contributed by atoms with van der Waals surface area (Å²) in [6, 6.07) is 5.75. The van der Waals surface area contributed by atoms with Crippen LogP contribution in [0.3, 0.4) is 0 Å². The van der Waals surface area contributed by atoms with Crippen LogP contribution in [0.15, 0.2) is 18.2 Å². The Hall–Kier alpha value is -1.03. The highest BCUT2D eigenvalue weighted by atomic mass is 32.2. The fraction of sp³-hybridized carbons (Fsp3) is 0.455. The number of hydrogen-bond donors (Lipinski definition) is 0. The van der Waals surface area contributed by atoms with Gasteiger partial charge in [-0.1, -0.05) is 26.0 Å². The Labute approximate surface area is 90.0 Å². The van der Waals surface area contributed by atoms with Crippen LogP contribution in [0.1, 0.15) is 30.9 Å². The van der Waals surface area contributed by atoms with Crippen LogP contribution in [-0.2, 0) is 15.6 Å². The van der Waals surface area contributed by atoms with Crippen molar-refractivity contribution in [3.8, 4) is 5.75 Å². The van der Waals surface area contributed by atoms with Gasteiger partial charge in [-0.3, -0.25) is 0 Å². The molecule has 15 heavy (non-hydrogen) atoms. The van der Waals surface area contributed by atoms with Crippen molar-refractivity contribution < 1.29 is 13.2 Å². The predicted molar refractivity (Wildman–Crippen MR) is 58.6 cm³/mol. The van der Waals surface area contributed by atoms with Gasteiger partial charge in [-0.15, -0.1) is 0 Å². The molecule has 2 rings (SSSR count). The van der Waals surface area contributed by atoms with E-state index in [2.05, 4.69) is 13.8 Å². The molecule has 0 aliphatic carbocycles. The maximum atomic E-state index is 11.3. The lowest BCUT2D eigenvalue weighted by molar-refractivity contribution is 0.364. The third-order valence-electron chi connectivity index (χ3n) is 2.53. The molecule has 0 aromatic heterocycles. The molecule has 0 amide bonds. The fourth-order valence-corrected chi connectivity index (χ4v) is 2.72. The molecule has 1 aliphatic heterocycles. The van der Waals surface area contributed by atoms with Crippen LogP contribution in [0.2, 0.25) is 0 Å². The zero-order valence-corrected chi connectivity index (χ0v) is 9.67. The molecular weight excluding hydrogens is 212 g/mol. The Kier molecular flexibility index (Phi) is 2.46. The minimum atomic E-state index is -3.05. The molecule has 3 nitrogen and oxygen atoms in total. The first kappa shape index (κ1) is 10.5. The molecular formula is C11H14O3S. The van der Waals surface area contributed by atoms with E-state index in [1.165, 1.54) is 5.56 Å². The molecule has 0 atom stereocenters. The largest absolute Gasteiger partial charge is 0.477 e. The van der Waals surface area contributed by atoms with Crippen molar-refractivity contribution in [3.05, 3.63) is 29.3 Å². The number of fused-ring (bicyclic) bond motifs is 1. The van der Waals surface area contributed by atoms with Crippen LogP contribution in [0.5, 0.6) is 5.75 Å². The fourth-order valence-electron chi connectivity index (χ4n) is 1.62. The SMILES string of the molecule is CC(C)c1ccc2c(c1)OCS(=O)(=O)C2. The summed E-state index contributed by atoms with van der Waals surface area (Å²) >= 11 is 0. The molecule has 0 saturated carbocycles. The zero-order valence-electron chi connectivity index (χ0n) is 8.86. The van der Waals surface area contributed by atoms with Crippen LogP contribution in [0, 0.1) is 0 Å². The molecule has 1 aromatic rings. The Balaban J connectivity index is 2.41. The number of hydrogen-bond acceptors (Lipinski definition) is 3. The van der Waals surface area contributed by atoms with Crippen molar-refractivity contribution in [2.75, 3.05) is 5.94 Å². The molecule has 0 saturated heterocycles. The molecule has 1 heterocycles. The van der Waals surface area contributed by atoms with E-state index < -0.39 is 9.84 Å². The van der Waals surface area contributed by atoms with Gasteiger partial charge in [0.1, 0.15) is 5.75 Å². The number of rotatable bonds is 1. The highest BCUT2D eigenvalue weighted by Crippen LogP contribution is 2.29. The summed E-state index contributed by atoms with van der Waals surface area (Å²) in [7, 11) is -3.05. The van der Waals surface area contributed by atoms with E-state index >= 15 is 0 Å². The topological polar surface area (TPSA) is 43.4 Å². The Morgan fingerprint density at radius 1 is 1.33 bits per heavy atom. The van der Waals surface area contributed by atoms with Crippen LogP contribution < -0.4 is 4.74 Å². The number of benzene rings is 1. The maximum Gasteiger partial charge on any atom is 0.189 e. The Morgan fingerprint density at radius 2 is 2.07 bits per heavy atom. The lowest BCUT2D eigenvalue weighted by Gasteiger charge is -2.19. The zero-order chi connectivity index (χ0) is 11.1. The summed E-state index contributed by atoms with van der Waals surface area (Å²) in [5, 5.41) is 0. The lowest BCUT2D eigenvalue weighted by Crippen LogP contribution is -2.20. The van der Waals surface area contributed by atoms with Crippen molar-refractivity contribution in [2.45, 2.75) is 25.5 Å². The monoisotopic (exact) mass is 226 g/mol. The summed E-state index contributed by atoms with van der Waals surface area (Å²) in [5.74, 6) is 1.05. The van der Waals surface area contributed by atoms with Gasteiger partial charge in [-0.25, -0.2) is 8.42 Å². The first-order valence-electron chi connectivity index (χ1n) is 4.94. The highest BCUT2D eigenvalue weighted by molar-refractivity contribution is 7.90. The quantitative estimate of drug-likeness (QED) is 0.736. The van der Waals surface area contributed by atoms with Gasteiger partial charge in [0, 0.05) is 5.56 Å². The van der Waals surface area contributed by atoms with Gasteiger partial charge < -0.3 is 4.74 Å². The summed E-state index contributed by atoms with van der Waals surface area (Å²) in [5.41, 5.74) is 1.94. The van der Waals surface area contributed by atoms with Gasteiger partial charge in [0.05, 0.1) is 5.75 Å². The predicted octanol–water partition coefficient (Wildman–Crippen LogP) is 2.07.